The van der Waals surface area contributed by atoms with Crippen LogP contribution in [0.3, 0.4) is 0 Å². The molecular formula is C8H4Cl6F6N2O3. The number of amides is 2. The van der Waals surface area contributed by atoms with E-state index >= 15 is 0 Å². The maximum atomic E-state index is 12.2. The van der Waals surface area contributed by atoms with E-state index in [1.165, 1.54) is 0 Å². The minimum absolute atomic E-state index is 1.02. The summed E-state index contributed by atoms with van der Waals surface area (Å²) in [6, 6.07) is 0. The molecule has 0 aliphatic carbocycles. The van der Waals surface area contributed by atoms with Crippen molar-refractivity contribution in [2.75, 3.05) is 0 Å². The second-order valence-electron chi connectivity index (χ2n) is 3.92. The Labute approximate surface area is 165 Å². The number of rotatable bonds is 4. The van der Waals surface area contributed by atoms with Crippen LogP contribution in [0.1, 0.15) is 0 Å². The zero-order chi connectivity index (χ0) is 20.4. The Hall–Kier alpha value is 0.220. The number of hydrogen-bond donors (Lipinski definition) is 2. The van der Waals surface area contributed by atoms with E-state index in [4.69, 9.17) is 69.6 Å². The average Bonchev–Trinajstić information content (AvgIpc) is 2.31. The van der Waals surface area contributed by atoms with Gasteiger partial charge in [0.1, 0.15) is 0 Å². The second kappa shape index (κ2) is 8.49. The van der Waals surface area contributed by atoms with Crippen molar-refractivity contribution in [3.63, 3.8) is 0 Å². The quantitative estimate of drug-likeness (QED) is 0.349. The highest BCUT2D eigenvalue weighted by Gasteiger charge is 2.49. The first-order chi connectivity index (χ1) is 10.8. The van der Waals surface area contributed by atoms with Gasteiger partial charge in [-0.05, 0) is 0 Å². The Balaban J connectivity index is 5.50. The van der Waals surface area contributed by atoms with Crippen LogP contribution in [0.5, 0.6) is 0 Å². The van der Waals surface area contributed by atoms with Crippen molar-refractivity contribution in [1.82, 2.24) is 10.6 Å². The number of hydrogen-bond acceptors (Lipinski definition) is 3. The van der Waals surface area contributed by atoms with Gasteiger partial charge in [-0.15, -0.1) is 0 Å². The number of alkyl halides is 12. The van der Waals surface area contributed by atoms with E-state index in [2.05, 4.69) is 4.74 Å². The van der Waals surface area contributed by atoms with Gasteiger partial charge in [0.25, 0.3) is 0 Å². The third kappa shape index (κ3) is 9.12. The number of ether oxygens (including phenoxy) is 1. The van der Waals surface area contributed by atoms with Gasteiger partial charge in [0, 0.05) is 0 Å². The SMILES string of the molecule is O=C(N[C@@H](O[C@H](NC(=O)C(F)(F)F)C(Cl)(Cl)Cl)C(Cl)(Cl)Cl)C(F)(F)F. The summed E-state index contributed by atoms with van der Waals surface area (Å²) in [5.41, 5.74) is 0. The van der Waals surface area contributed by atoms with E-state index in [-0.39, 0.29) is 0 Å². The molecule has 5 nitrogen and oxygen atoms in total. The fourth-order valence-corrected chi connectivity index (χ4v) is 1.56. The molecule has 0 aliphatic rings. The third-order valence-electron chi connectivity index (χ3n) is 1.91. The molecule has 0 saturated heterocycles. The second-order valence-corrected chi connectivity index (χ2v) is 8.66. The summed E-state index contributed by atoms with van der Waals surface area (Å²) in [6.45, 7) is 0. The molecule has 0 aliphatic heterocycles. The lowest BCUT2D eigenvalue weighted by Crippen LogP contribution is -2.57. The molecule has 0 aromatic heterocycles. The van der Waals surface area contributed by atoms with Crippen LogP contribution in [0.2, 0.25) is 0 Å². The van der Waals surface area contributed by atoms with Gasteiger partial charge in [-0.1, -0.05) is 69.6 Å². The van der Waals surface area contributed by atoms with Crippen molar-refractivity contribution >= 4 is 81.4 Å². The first-order valence-corrected chi connectivity index (χ1v) is 7.57. The Morgan fingerprint density at radius 1 is 0.680 bits per heavy atom. The molecule has 17 heteroatoms. The molecule has 2 amide bonds. The van der Waals surface area contributed by atoms with Gasteiger partial charge in [-0.2, -0.15) is 26.3 Å². The van der Waals surface area contributed by atoms with Crippen LogP contribution < -0.4 is 10.6 Å². The standard InChI is InChI=1S/C8H4Cl6F6N2O3/c9-5(10,11)3(21-1(23)7(15,16)17)25-4(6(12,13)14)22-2(24)8(18,19)20/h3-4H,(H,21,23)(H,22,24)/t3-,4-/m0/s1. The molecule has 0 radical (unpaired) electrons. The molecule has 0 unspecified atom stereocenters. The Morgan fingerprint density at radius 2 is 0.920 bits per heavy atom. The Morgan fingerprint density at radius 3 is 1.08 bits per heavy atom. The van der Waals surface area contributed by atoms with Crippen molar-refractivity contribution in [1.29, 1.82) is 0 Å². The highest BCUT2D eigenvalue weighted by molar-refractivity contribution is 6.68. The summed E-state index contributed by atoms with van der Waals surface area (Å²) in [5.74, 6) is -5.37. The van der Waals surface area contributed by atoms with Crippen molar-refractivity contribution in [3.05, 3.63) is 0 Å². The largest absolute Gasteiger partial charge is 0.471 e. The summed E-state index contributed by atoms with van der Waals surface area (Å²) in [5, 5.41) is 2.04. The summed E-state index contributed by atoms with van der Waals surface area (Å²) in [7, 11) is 0. The Bertz CT molecular complexity index is 459. The van der Waals surface area contributed by atoms with Gasteiger partial charge >= 0.3 is 24.2 Å². The molecule has 0 fully saturated rings. The van der Waals surface area contributed by atoms with Crippen molar-refractivity contribution < 1.29 is 40.7 Å². The van der Waals surface area contributed by atoms with E-state index in [0.717, 1.165) is 10.6 Å². The molecule has 0 aromatic carbocycles. The fraction of sp³-hybridized carbons (Fsp3) is 0.750. The number of carbonyl (C=O) groups excluding carboxylic acids is 2. The molecule has 0 rings (SSSR count). The van der Waals surface area contributed by atoms with Gasteiger partial charge < -0.3 is 15.4 Å². The summed E-state index contributed by atoms with van der Waals surface area (Å²) in [4.78, 5) is 21.8. The van der Waals surface area contributed by atoms with Crippen LogP contribution in [-0.4, -0.2) is 44.2 Å². The van der Waals surface area contributed by atoms with Gasteiger partial charge in [0.05, 0.1) is 0 Å². The van der Waals surface area contributed by atoms with Crippen LogP contribution in [-0.2, 0) is 14.3 Å². The van der Waals surface area contributed by atoms with Crippen molar-refractivity contribution in [3.8, 4) is 0 Å². The Kier molecular flexibility index (Phi) is 8.56. The van der Waals surface area contributed by atoms with Crippen LogP contribution in [0.15, 0.2) is 0 Å². The maximum Gasteiger partial charge on any atom is 0.471 e. The lowest BCUT2D eigenvalue weighted by atomic mass is 10.5. The van der Waals surface area contributed by atoms with Crippen LogP contribution in [0.4, 0.5) is 26.3 Å². The minimum atomic E-state index is -5.47. The number of carbonyl (C=O) groups is 2. The van der Waals surface area contributed by atoms with E-state index in [1.54, 1.807) is 0 Å². The topological polar surface area (TPSA) is 67.4 Å². The molecule has 0 aromatic rings. The van der Waals surface area contributed by atoms with E-state index < -0.39 is 44.2 Å². The van der Waals surface area contributed by atoms with Gasteiger partial charge in [0.15, 0.2) is 12.5 Å². The van der Waals surface area contributed by atoms with Gasteiger partial charge in [-0.25, -0.2) is 0 Å². The molecule has 25 heavy (non-hydrogen) atoms. The third-order valence-corrected chi connectivity index (χ3v) is 3.10. The first-order valence-electron chi connectivity index (χ1n) is 5.30. The first kappa shape index (κ1) is 25.2. The molecule has 148 valence electrons. The predicted molar refractivity (Wildman–Crippen MR) is 77.6 cm³/mol. The fourth-order valence-electron chi connectivity index (χ4n) is 0.924. The maximum absolute atomic E-state index is 12.2. The van der Waals surface area contributed by atoms with Crippen LogP contribution >= 0.6 is 69.6 Å². The molecule has 0 heterocycles. The highest BCUT2D eigenvalue weighted by Crippen LogP contribution is 2.37. The molecule has 2 atom stereocenters. The number of halogens is 12. The minimum Gasteiger partial charge on any atom is -0.326 e. The summed E-state index contributed by atoms with van der Waals surface area (Å²) in [6.07, 6.45) is -16.1. The molecule has 0 saturated carbocycles. The lowest BCUT2D eigenvalue weighted by Gasteiger charge is -2.33. The van der Waals surface area contributed by atoms with E-state index in [1.807, 2.05) is 0 Å². The van der Waals surface area contributed by atoms with Crippen molar-refractivity contribution in [2.45, 2.75) is 32.4 Å². The van der Waals surface area contributed by atoms with Crippen LogP contribution in [0.25, 0.3) is 0 Å². The molecule has 0 bridgehead atoms. The number of nitrogens with one attached hydrogen (secondary N) is 2. The van der Waals surface area contributed by atoms with Gasteiger partial charge in [0.2, 0.25) is 7.59 Å². The van der Waals surface area contributed by atoms with E-state index in [0.29, 0.717) is 0 Å². The van der Waals surface area contributed by atoms with Gasteiger partial charge in [-0.3, -0.25) is 9.59 Å². The van der Waals surface area contributed by atoms with E-state index in [9.17, 15) is 35.9 Å². The molecule has 2 N–H and O–H groups in total. The predicted octanol–water partition coefficient (Wildman–Crippen LogP) is 3.75. The summed E-state index contributed by atoms with van der Waals surface area (Å²) >= 11 is 31.6. The van der Waals surface area contributed by atoms with Crippen molar-refractivity contribution in [2.24, 2.45) is 0 Å². The average molecular weight is 503 g/mol. The monoisotopic (exact) mass is 500 g/mol. The summed E-state index contributed by atoms with van der Waals surface area (Å²) < 4.78 is 72.2. The molecule has 0 spiro atoms. The van der Waals surface area contributed by atoms with Crippen LogP contribution in [0, 0.1) is 0 Å². The zero-order valence-electron chi connectivity index (χ0n) is 10.9. The smallest absolute Gasteiger partial charge is 0.326 e. The molecular weight excluding hydrogens is 499 g/mol. The highest BCUT2D eigenvalue weighted by atomic mass is 35.6. The normalized spacial score (nSPS) is 16.2. The lowest BCUT2D eigenvalue weighted by molar-refractivity contribution is -0.184. The zero-order valence-corrected chi connectivity index (χ0v) is 15.5.